The second kappa shape index (κ2) is 5.51. The zero-order chi connectivity index (χ0) is 10.7. The standard InChI is InChI=1S/C12H21ClO2/c1-2-14-12-10(13)7-11(12)15-8-9-5-3-4-6-9/h9-12H,2-8H2,1H3. The van der Waals surface area contributed by atoms with Crippen LogP contribution in [0.3, 0.4) is 0 Å². The molecule has 2 aliphatic carbocycles. The first kappa shape index (κ1) is 11.7. The Morgan fingerprint density at radius 3 is 2.53 bits per heavy atom. The van der Waals surface area contributed by atoms with E-state index >= 15 is 0 Å². The molecule has 88 valence electrons. The second-order valence-electron chi connectivity index (χ2n) is 4.69. The van der Waals surface area contributed by atoms with Gasteiger partial charge >= 0.3 is 0 Å². The molecule has 0 aliphatic heterocycles. The Bertz CT molecular complexity index is 192. The zero-order valence-electron chi connectivity index (χ0n) is 9.45. The summed E-state index contributed by atoms with van der Waals surface area (Å²) in [6.07, 6.45) is 6.80. The van der Waals surface area contributed by atoms with Crippen LogP contribution in [0.5, 0.6) is 0 Å². The molecule has 0 bridgehead atoms. The highest BCUT2D eigenvalue weighted by Crippen LogP contribution is 2.33. The van der Waals surface area contributed by atoms with Gasteiger partial charge in [-0.2, -0.15) is 0 Å². The molecule has 2 nitrogen and oxygen atoms in total. The van der Waals surface area contributed by atoms with Gasteiger partial charge in [0.05, 0.1) is 11.5 Å². The second-order valence-corrected chi connectivity index (χ2v) is 5.25. The molecule has 3 atom stereocenters. The summed E-state index contributed by atoms with van der Waals surface area (Å²) >= 11 is 6.08. The topological polar surface area (TPSA) is 18.5 Å². The summed E-state index contributed by atoms with van der Waals surface area (Å²) in [5.41, 5.74) is 0. The van der Waals surface area contributed by atoms with Crippen LogP contribution >= 0.6 is 11.6 Å². The van der Waals surface area contributed by atoms with E-state index in [2.05, 4.69) is 0 Å². The molecule has 0 aromatic rings. The van der Waals surface area contributed by atoms with Gasteiger partial charge in [0.15, 0.2) is 0 Å². The van der Waals surface area contributed by atoms with Crippen molar-refractivity contribution < 1.29 is 9.47 Å². The van der Waals surface area contributed by atoms with E-state index in [-0.39, 0.29) is 17.6 Å². The fourth-order valence-corrected chi connectivity index (χ4v) is 2.94. The minimum absolute atomic E-state index is 0.137. The van der Waals surface area contributed by atoms with Crippen LogP contribution in [-0.2, 0) is 9.47 Å². The van der Waals surface area contributed by atoms with Gasteiger partial charge in [-0.15, -0.1) is 11.6 Å². The smallest absolute Gasteiger partial charge is 0.100 e. The Balaban J connectivity index is 1.66. The lowest BCUT2D eigenvalue weighted by atomic mass is 9.90. The number of alkyl halides is 1. The molecule has 0 radical (unpaired) electrons. The van der Waals surface area contributed by atoms with Gasteiger partial charge in [-0.25, -0.2) is 0 Å². The van der Waals surface area contributed by atoms with Crippen molar-refractivity contribution in [3.63, 3.8) is 0 Å². The lowest BCUT2D eigenvalue weighted by Gasteiger charge is -2.40. The quantitative estimate of drug-likeness (QED) is 0.679. The minimum Gasteiger partial charge on any atom is -0.375 e. The molecule has 0 N–H and O–H groups in total. The van der Waals surface area contributed by atoms with Gasteiger partial charge in [0.1, 0.15) is 6.10 Å². The predicted octanol–water partition coefficient (Wildman–Crippen LogP) is 2.98. The van der Waals surface area contributed by atoms with Crippen molar-refractivity contribution in [2.45, 2.75) is 56.6 Å². The molecule has 2 rings (SSSR count). The molecule has 15 heavy (non-hydrogen) atoms. The normalized spacial score (nSPS) is 36.8. The number of ether oxygens (including phenoxy) is 2. The van der Waals surface area contributed by atoms with Crippen molar-refractivity contribution >= 4 is 11.6 Å². The highest BCUT2D eigenvalue weighted by Gasteiger charge is 2.41. The Morgan fingerprint density at radius 1 is 1.20 bits per heavy atom. The molecule has 3 unspecified atom stereocenters. The van der Waals surface area contributed by atoms with Crippen LogP contribution in [0.25, 0.3) is 0 Å². The van der Waals surface area contributed by atoms with Gasteiger partial charge in [0.2, 0.25) is 0 Å². The highest BCUT2D eigenvalue weighted by molar-refractivity contribution is 6.21. The number of halogens is 1. The molecule has 3 heteroatoms. The summed E-state index contributed by atoms with van der Waals surface area (Å²) in [6.45, 7) is 3.66. The molecule has 2 fully saturated rings. The first-order valence-corrected chi connectivity index (χ1v) is 6.62. The van der Waals surface area contributed by atoms with Crippen molar-refractivity contribution in [1.82, 2.24) is 0 Å². The van der Waals surface area contributed by atoms with Crippen LogP contribution in [-0.4, -0.2) is 30.8 Å². The van der Waals surface area contributed by atoms with Crippen LogP contribution in [0.2, 0.25) is 0 Å². The predicted molar refractivity (Wildman–Crippen MR) is 61.4 cm³/mol. The van der Waals surface area contributed by atoms with E-state index in [1.807, 2.05) is 6.92 Å². The van der Waals surface area contributed by atoms with Crippen molar-refractivity contribution in [1.29, 1.82) is 0 Å². The third-order valence-corrected chi connectivity index (χ3v) is 3.99. The van der Waals surface area contributed by atoms with E-state index in [0.717, 1.165) is 25.6 Å². The molecule has 0 aromatic heterocycles. The van der Waals surface area contributed by atoms with Gasteiger partial charge in [-0.05, 0) is 32.1 Å². The van der Waals surface area contributed by atoms with Crippen molar-refractivity contribution in [3.05, 3.63) is 0 Å². The lowest BCUT2D eigenvalue weighted by Crippen LogP contribution is -2.51. The maximum Gasteiger partial charge on any atom is 0.100 e. The van der Waals surface area contributed by atoms with Crippen molar-refractivity contribution in [3.8, 4) is 0 Å². The average Bonchev–Trinajstić information content (AvgIpc) is 2.73. The fourth-order valence-electron chi connectivity index (χ4n) is 2.53. The van der Waals surface area contributed by atoms with Gasteiger partial charge in [-0.1, -0.05) is 12.8 Å². The van der Waals surface area contributed by atoms with Gasteiger partial charge in [0, 0.05) is 13.2 Å². The molecule has 0 heterocycles. The monoisotopic (exact) mass is 232 g/mol. The summed E-state index contributed by atoms with van der Waals surface area (Å²) in [6, 6.07) is 0. The number of hydrogen-bond acceptors (Lipinski definition) is 2. The molecule has 0 saturated heterocycles. The maximum absolute atomic E-state index is 6.08. The van der Waals surface area contributed by atoms with Crippen LogP contribution in [0.4, 0.5) is 0 Å². The molecule has 2 aliphatic rings. The van der Waals surface area contributed by atoms with Crippen LogP contribution in [0.15, 0.2) is 0 Å². The zero-order valence-corrected chi connectivity index (χ0v) is 10.2. The molecule has 0 spiro atoms. The molecule has 0 amide bonds. The fraction of sp³-hybridized carbons (Fsp3) is 1.00. The van der Waals surface area contributed by atoms with Crippen LogP contribution < -0.4 is 0 Å². The Morgan fingerprint density at radius 2 is 1.93 bits per heavy atom. The first-order valence-electron chi connectivity index (χ1n) is 6.18. The maximum atomic E-state index is 6.08. The molecular formula is C12H21ClO2. The van der Waals surface area contributed by atoms with Gasteiger partial charge in [-0.3, -0.25) is 0 Å². The van der Waals surface area contributed by atoms with Gasteiger partial charge in [0.25, 0.3) is 0 Å². The lowest BCUT2D eigenvalue weighted by molar-refractivity contribution is -0.127. The third kappa shape index (κ3) is 2.86. The van der Waals surface area contributed by atoms with E-state index in [1.165, 1.54) is 25.7 Å². The molecule has 2 saturated carbocycles. The summed E-state index contributed by atoms with van der Waals surface area (Å²) in [5, 5.41) is 0.165. The Hall–Kier alpha value is 0.210. The summed E-state index contributed by atoms with van der Waals surface area (Å²) in [7, 11) is 0. The summed E-state index contributed by atoms with van der Waals surface area (Å²) < 4.78 is 11.4. The van der Waals surface area contributed by atoms with Crippen molar-refractivity contribution in [2.75, 3.05) is 13.2 Å². The van der Waals surface area contributed by atoms with Crippen LogP contribution in [0.1, 0.15) is 39.0 Å². The van der Waals surface area contributed by atoms with Gasteiger partial charge < -0.3 is 9.47 Å². The minimum atomic E-state index is 0.137. The average molecular weight is 233 g/mol. The SMILES string of the molecule is CCOC1C(Cl)CC1OCC1CCCC1. The van der Waals surface area contributed by atoms with E-state index in [1.54, 1.807) is 0 Å². The van der Waals surface area contributed by atoms with Crippen molar-refractivity contribution in [2.24, 2.45) is 5.92 Å². The molecule has 0 aromatic carbocycles. The van der Waals surface area contributed by atoms with Crippen LogP contribution in [0, 0.1) is 5.92 Å². The van der Waals surface area contributed by atoms with E-state index in [9.17, 15) is 0 Å². The summed E-state index contributed by atoms with van der Waals surface area (Å²) in [4.78, 5) is 0. The van der Waals surface area contributed by atoms with E-state index < -0.39 is 0 Å². The van der Waals surface area contributed by atoms with E-state index in [0.29, 0.717) is 0 Å². The Kier molecular flexibility index (Phi) is 4.30. The largest absolute Gasteiger partial charge is 0.375 e. The number of rotatable bonds is 5. The molecular weight excluding hydrogens is 212 g/mol. The third-order valence-electron chi connectivity index (χ3n) is 3.56. The highest BCUT2D eigenvalue weighted by atomic mass is 35.5. The summed E-state index contributed by atoms with van der Waals surface area (Å²) in [5.74, 6) is 0.793. The van der Waals surface area contributed by atoms with E-state index in [4.69, 9.17) is 21.1 Å². The Labute approximate surface area is 97.3 Å². The number of hydrogen-bond donors (Lipinski definition) is 0. The first-order chi connectivity index (χ1) is 7.31.